The molecule has 47 heavy (non-hydrogen) atoms. The third-order valence-electron chi connectivity index (χ3n) is 7.52. The summed E-state index contributed by atoms with van der Waals surface area (Å²) in [6.45, 7) is 10.7. The summed E-state index contributed by atoms with van der Waals surface area (Å²) in [7, 11) is 1.63. The summed E-state index contributed by atoms with van der Waals surface area (Å²) in [6.07, 6.45) is 3.30. The number of benzene rings is 2. The van der Waals surface area contributed by atoms with E-state index < -0.39 is 11.2 Å². The Bertz CT molecular complexity index is 2060. The highest BCUT2D eigenvalue weighted by molar-refractivity contribution is 5.81. The quantitative estimate of drug-likeness (QED) is 0.185. The number of nitrogens with zero attached hydrogens (tertiary/aromatic N) is 4. The molecule has 10 heteroatoms. The van der Waals surface area contributed by atoms with E-state index in [0.29, 0.717) is 67.6 Å². The van der Waals surface area contributed by atoms with Gasteiger partial charge in [-0.25, -0.2) is 18.7 Å². The minimum atomic E-state index is -1.14. The summed E-state index contributed by atoms with van der Waals surface area (Å²) in [6, 6.07) is 20.3. The Balaban J connectivity index is 0.000000185. The van der Waals surface area contributed by atoms with Gasteiger partial charge in [-0.2, -0.15) is 0 Å². The van der Waals surface area contributed by atoms with Gasteiger partial charge in [-0.15, -0.1) is 0 Å². The van der Waals surface area contributed by atoms with Crippen molar-refractivity contribution in [2.45, 2.75) is 52.7 Å². The van der Waals surface area contributed by atoms with Crippen LogP contribution < -0.4 is 9.47 Å². The van der Waals surface area contributed by atoms with E-state index in [2.05, 4.69) is 19.9 Å². The van der Waals surface area contributed by atoms with E-state index in [9.17, 15) is 13.9 Å². The molecule has 6 aromatic rings. The molecule has 0 aliphatic carbocycles. The number of hydrogen-bond acceptors (Lipinski definition) is 8. The van der Waals surface area contributed by atoms with Crippen molar-refractivity contribution in [3.05, 3.63) is 120 Å². The van der Waals surface area contributed by atoms with E-state index in [1.807, 2.05) is 19.9 Å². The molecular weight excluding hydrogens is 602 g/mol. The summed E-state index contributed by atoms with van der Waals surface area (Å²) < 4.78 is 45.1. The summed E-state index contributed by atoms with van der Waals surface area (Å²) >= 11 is 0. The molecule has 242 valence electrons. The number of aromatic nitrogens is 4. The van der Waals surface area contributed by atoms with Gasteiger partial charge in [0.2, 0.25) is 0 Å². The summed E-state index contributed by atoms with van der Waals surface area (Å²) in [5.74, 6) is 1.39. The molecular formula is C37H36F2N4O4. The monoisotopic (exact) mass is 638 g/mol. The second-order valence-electron chi connectivity index (χ2n) is 11.9. The number of rotatable bonds is 7. The molecule has 0 bridgehead atoms. The number of hydrogen-bond donors (Lipinski definition) is 1. The van der Waals surface area contributed by atoms with E-state index in [0.717, 1.165) is 0 Å². The Morgan fingerprint density at radius 2 is 1.06 bits per heavy atom. The smallest absolute Gasteiger partial charge is 0.152 e. The molecule has 0 fully saturated rings. The fourth-order valence-electron chi connectivity index (χ4n) is 4.87. The molecule has 4 aromatic heterocycles. The molecule has 0 amide bonds. The number of pyridine rings is 4. The molecule has 6 rings (SSSR count). The Morgan fingerprint density at radius 3 is 1.51 bits per heavy atom. The van der Waals surface area contributed by atoms with Crippen LogP contribution in [0.25, 0.3) is 21.8 Å². The molecule has 0 aliphatic rings. The Morgan fingerprint density at radius 1 is 0.617 bits per heavy atom. The van der Waals surface area contributed by atoms with Gasteiger partial charge in [0.15, 0.2) is 11.5 Å². The molecule has 0 saturated heterocycles. The number of fused-ring (bicyclic) bond motifs is 2. The van der Waals surface area contributed by atoms with Crippen molar-refractivity contribution < 1.29 is 28.1 Å². The zero-order chi connectivity index (χ0) is 33.9. The van der Waals surface area contributed by atoms with Crippen molar-refractivity contribution in [2.75, 3.05) is 7.11 Å². The first kappa shape index (κ1) is 33.3. The highest BCUT2D eigenvalue weighted by Gasteiger charge is 2.26. The SMILES string of the molecule is COC(C)(C)c1ncccc1Oc1cc2cccc(F)c2nc1C.Cc1nc2c(F)cccc2cc1Oc1cccnc1C(C)(C)O. The van der Waals surface area contributed by atoms with Gasteiger partial charge in [0.1, 0.15) is 56.8 Å². The van der Waals surface area contributed by atoms with Crippen LogP contribution in [0.5, 0.6) is 23.0 Å². The molecule has 1 N–H and O–H groups in total. The van der Waals surface area contributed by atoms with Gasteiger partial charge in [0.05, 0.1) is 11.4 Å². The van der Waals surface area contributed by atoms with Crippen molar-refractivity contribution in [3.8, 4) is 23.0 Å². The lowest BCUT2D eigenvalue weighted by molar-refractivity contribution is 0.0138. The average molecular weight is 639 g/mol. The van der Waals surface area contributed by atoms with Crippen LogP contribution in [-0.4, -0.2) is 32.2 Å². The van der Waals surface area contributed by atoms with Gasteiger partial charge in [-0.05, 0) is 90.1 Å². The third kappa shape index (κ3) is 7.34. The lowest BCUT2D eigenvalue weighted by atomic mass is 10.0. The van der Waals surface area contributed by atoms with Crippen LogP contribution >= 0.6 is 0 Å². The van der Waals surface area contributed by atoms with Crippen molar-refractivity contribution in [1.82, 2.24) is 19.9 Å². The first-order valence-electron chi connectivity index (χ1n) is 14.9. The molecule has 4 heterocycles. The fourth-order valence-corrected chi connectivity index (χ4v) is 4.87. The molecule has 0 atom stereocenters. The van der Waals surface area contributed by atoms with Gasteiger partial charge in [-0.1, -0.05) is 24.3 Å². The van der Waals surface area contributed by atoms with Crippen LogP contribution in [0, 0.1) is 25.5 Å². The molecule has 0 radical (unpaired) electrons. The van der Waals surface area contributed by atoms with Crippen molar-refractivity contribution in [2.24, 2.45) is 0 Å². The minimum Gasteiger partial charge on any atom is -0.453 e. The number of aliphatic hydroxyl groups is 1. The Labute approximate surface area is 272 Å². The zero-order valence-electron chi connectivity index (χ0n) is 27.3. The Kier molecular flexibility index (Phi) is 9.46. The molecule has 0 aliphatic heterocycles. The molecule has 0 unspecified atom stereocenters. The second-order valence-corrected chi connectivity index (χ2v) is 11.9. The van der Waals surface area contributed by atoms with Crippen molar-refractivity contribution in [1.29, 1.82) is 0 Å². The van der Waals surface area contributed by atoms with Crippen LogP contribution in [0.2, 0.25) is 0 Å². The maximum absolute atomic E-state index is 13.9. The molecule has 2 aromatic carbocycles. The number of aryl methyl sites for hydroxylation is 2. The first-order valence-corrected chi connectivity index (χ1v) is 14.9. The van der Waals surface area contributed by atoms with Gasteiger partial charge >= 0.3 is 0 Å². The van der Waals surface area contributed by atoms with Crippen molar-refractivity contribution in [3.63, 3.8) is 0 Å². The minimum absolute atomic E-state index is 0.311. The van der Waals surface area contributed by atoms with Crippen LogP contribution in [0.3, 0.4) is 0 Å². The van der Waals surface area contributed by atoms with Crippen LogP contribution in [-0.2, 0) is 15.9 Å². The fraction of sp³-hybridized carbons (Fsp3) is 0.243. The van der Waals surface area contributed by atoms with E-state index in [1.165, 1.54) is 12.1 Å². The largest absolute Gasteiger partial charge is 0.453 e. The van der Waals surface area contributed by atoms with Crippen LogP contribution in [0.15, 0.2) is 85.2 Å². The second kappa shape index (κ2) is 13.4. The van der Waals surface area contributed by atoms with E-state index >= 15 is 0 Å². The van der Waals surface area contributed by atoms with Crippen LogP contribution in [0.4, 0.5) is 8.78 Å². The lowest BCUT2D eigenvalue weighted by Crippen LogP contribution is -2.21. The number of para-hydroxylation sites is 2. The average Bonchev–Trinajstić information content (AvgIpc) is 3.03. The summed E-state index contributed by atoms with van der Waals surface area (Å²) in [5, 5.41) is 11.6. The van der Waals surface area contributed by atoms with E-state index in [4.69, 9.17) is 14.2 Å². The molecule has 0 saturated carbocycles. The maximum atomic E-state index is 13.9. The van der Waals surface area contributed by atoms with E-state index in [1.54, 1.807) is 102 Å². The van der Waals surface area contributed by atoms with Gasteiger partial charge in [0, 0.05) is 30.3 Å². The standard InChI is InChI=1S/C19H19FN2O2.C18H17FN2O2/c1-12-16(11-13-7-5-8-14(20)17(13)22-12)24-15-9-6-10-21-18(15)19(2,3)23-4;1-11-15(10-12-6-4-7-13(19)16(12)21-11)23-14-8-5-9-20-17(14)18(2,3)22/h5-11H,1-4H3;4-10,22H,1-3H3. The maximum Gasteiger partial charge on any atom is 0.152 e. The highest BCUT2D eigenvalue weighted by Crippen LogP contribution is 2.36. The third-order valence-corrected chi connectivity index (χ3v) is 7.52. The number of ether oxygens (including phenoxy) is 3. The normalized spacial score (nSPS) is 11.7. The molecule has 0 spiro atoms. The lowest BCUT2D eigenvalue weighted by Gasteiger charge is -2.24. The highest BCUT2D eigenvalue weighted by atomic mass is 19.1. The molecule has 8 nitrogen and oxygen atoms in total. The summed E-state index contributed by atoms with van der Waals surface area (Å²) in [4.78, 5) is 17.2. The van der Waals surface area contributed by atoms with Gasteiger partial charge in [0.25, 0.3) is 0 Å². The predicted molar refractivity (Wildman–Crippen MR) is 177 cm³/mol. The number of halogens is 2. The van der Waals surface area contributed by atoms with Crippen molar-refractivity contribution >= 4 is 21.8 Å². The van der Waals surface area contributed by atoms with Gasteiger partial charge < -0.3 is 19.3 Å². The zero-order valence-corrected chi connectivity index (χ0v) is 27.3. The van der Waals surface area contributed by atoms with Crippen LogP contribution in [0.1, 0.15) is 50.5 Å². The van der Waals surface area contributed by atoms with Gasteiger partial charge in [-0.3, -0.25) is 9.97 Å². The number of methoxy groups -OCH3 is 1. The van der Waals surface area contributed by atoms with E-state index in [-0.39, 0.29) is 11.6 Å². The summed E-state index contributed by atoms with van der Waals surface area (Å²) in [5.41, 5.74) is 1.20. The predicted octanol–water partition coefficient (Wildman–Crippen LogP) is 8.85. The Hall–Kier alpha value is -5.06. The topological polar surface area (TPSA) is 99.5 Å². The first-order chi connectivity index (χ1) is 22.3.